The van der Waals surface area contributed by atoms with Crippen molar-refractivity contribution in [2.24, 2.45) is 4.99 Å². The zero-order valence-electron chi connectivity index (χ0n) is 15.3. The van der Waals surface area contributed by atoms with E-state index < -0.39 is 0 Å². The fourth-order valence-corrected chi connectivity index (χ4v) is 3.39. The summed E-state index contributed by atoms with van der Waals surface area (Å²) in [6.45, 7) is 3.69. The van der Waals surface area contributed by atoms with Gasteiger partial charge in [-0.2, -0.15) is 0 Å². The maximum Gasteiger partial charge on any atom is 0.191 e. The van der Waals surface area contributed by atoms with Crippen LogP contribution in [0.2, 0.25) is 0 Å². The van der Waals surface area contributed by atoms with E-state index in [9.17, 15) is 4.39 Å². The molecule has 4 nitrogen and oxygen atoms in total. The van der Waals surface area contributed by atoms with Crippen LogP contribution in [0.3, 0.4) is 0 Å². The normalized spacial score (nSPS) is 16.5. The number of halogens is 1. The number of nitrogens with one attached hydrogen (secondary N) is 2. The van der Waals surface area contributed by atoms with Gasteiger partial charge in [-0.3, -0.25) is 9.89 Å². The number of likely N-dealkylation sites (tertiary alicyclic amines) is 1. The van der Waals surface area contributed by atoms with Gasteiger partial charge in [-0.25, -0.2) is 4.39 Å². The average Bonchev–Trinajstić information content (AvgIpc) is 3.21. The highest BCUT2D eigenvalue weighted by molar-refractivity contribution is 5.79. The molecule has 1 aliphatic rings. The first-order valence-corrected chi connectivity index (χ1v) is 9.24. The van der Waals surface area contributed by atoms with Gasteiger partial charge in [0.05, 0.1) is 6.04 Å². The second kappa shape index (κ2) is 9.34. The third kappa shape index (κ3) is 5.05. The molecule has 138 valence electrons. The van der Waals surface area contributed by atoms with E-state index in [0.717, 1.165) is 31.2 Å². The first kappa shape index (κ1) is 18.4. The van der Waals surface area contributed by atoms with Crippen LogP contribution >= 0.6 is 0 Å². The van der Waals surface area contributed by atoms with E-state index in [-0.39, 0.29) is 5.82 Å². The number of nitrogens with zero attached hydrogens (tertiary/aromatic N) is 2. The van der Waals surface area contributed by atoms with Crippen LogP contribution in [-0.4, -0.2) is 37.5 Å². The van der Waals surface area contributed by atoms with E-state index in [4.69, 9.17) is 0 Å². The Balaban J connectivity index is 1.58. The van der Waals surface area contributed by atoms with Crippen LogP contribution in [0.15, 0.2) is 59.6 Å². The highest BCUT2D eigenvalue weighted by Gasteiger charge is 2.23. The number of hydrogen-bond donors (Lipinski definition) is 2. The van der Waals surface area contributed by atoms with Crippen molar-refractivity contribution >= 4 is 5.96 Å². The van der Waals surface area contributed by atoms with Gasteiger partial charge in [-0.1, -0.05) is 42.5 Å². The van der Waals surface area contributed by atoms with E-state index in [2.05, 4.69) is 50.9 Å². The van der Waals surface area contributed by atoms with Crippen LogP contribution in [0.1, 0.15) is 30.0 Å². The molecule has 5 heteroatoms. The van der Waals surface area contributed by atoms with Crippen molar-refractivity contribution in [1.29, 1.82) is 0 Å². The molecule has 1 heterocycles. The molecule has 0 amide bonds. The molecule has 0 radical (unpaired) electrons. The maximum absolute atomic E-state index is 13.0. The topological polar surface area (TPSA) is 39.7 Å². The van der Waals surface area contributed by atoms with Crippen LogP contribution in [0.25, 0.3) is 0 Å². The van der Waals surface area contributed by atoms with Gasteiger partial charge in [-0.15, -0.1) is 0 Å². The maximum atomic E-state index is 13.0. The third-order valence-electron chi connectivity index (χ3n) is 4.83. The molecule has 26 heavy (non-hydrogen) atoms. The number of rotatable bonds is 6. The quantitative estimate of drug-likeness (QED) is 0.617. The molecule has 0 bridgehead atoms. The highest BCUT2D eigenvalue weighted by atomic mass is 19.1. The molecule has 0 aromatic heterocycles. The molecule has 2 N–H and O–H groups in total. The molecule has 0 aliphatic carbocycles. The zero-order valence-corrected chi connectivity index (χ0v) is 15.3. The molecule has 3 rings (SSSR count). The van der Waals surface area contributed by atoms with Crippen molar-refractivity contribution in [3.63, 3.8) is 0 Å². The van der Waals surface area contributed by atoms with Crippen LogP contribution in [-0.2, 0) is 6.54 Å². The van der Waals surface area contributed by atoms with Crippen molar-refractivity contribution in [2.45, 2.75) is 25.4 Å². The summed E-state index contributed by atoms with van der Waals surface area (Å²) < 4.78 is 13.0. The Labute approximate surface area is 155 Å². The zero-order chi connectivity index (χ0) is 18.2. The van der Waals surface area contributed by atoms with Gasteiger partial charge in [0.1, 0.15) is 5.82 Å². The first-order chi connectivity index (χ1) is 12.8. The van der Waals surface area contributed by atoms with Gasteiger partial charge in [0, 0.05) is 20.1 Å². The van der Waals surface area contributed by atoms with E-state index in [0.29, 0.717) is 12.6 Å². The lowest BCUT2D eigenvalue weighted by molar-refractivity contribution is 0.245. The molecule has 1 unspecified atom stereocenters. The molecular weight excluding hydrogens is 327 g/mol. The second-order valence-corrected chi connectivity index (χ2v) is 6.60. The Bertz CT molecular complexity index is 694. The van der Waals surface area contributed by atoms with Crippen LogP contribution < -0.4 is 10.6 Å². The molecular formula is C21H27FN4. The monoisotopic (exact) mass is 354 g/mol. The van der Waals surface area contributed by atoms with Crippen LogP contribution in [0.4, 0.5) is 4.39 Å². The van der Waals surface area contributed by atoms with Gasteiger partial charge in [0.25, 0.3) is 0 Å². The summed E-state index contributed by atoms with van der Waals surface area (Å²) >= 11 is 0. The van der Waals surface area contributed by atoms with Crippen molar-refractivity contribution < 1.29 is 4.39 Å². The Hall–Kier alpha value is -2.40. The predicted molar refractivity (Wildman–Crippen MR) is 105 cm³/mol. The third-order valence-corrected chi connectivity index (χ3v) is 4.83. The Morgan fingerprint density at radius 3 is 2.38 bits per heavy atom. The fraction of sp³-hybridized carbons (Fsp3) is 0.381. The smallest absolute Gasteiger partial charge is 0.191 e. The summed E-state index contributed by atoms with van der Waals surface area (Å²) in [5.41, 5.74) is 2.35. The largest absolute Gasteiger partial charge is 0.354 e. The summed E-state index contributed by atoms with van der Waals surface area (Å²) in [4.78, 5) is 6.85. The molecule has 1 saturated heterocycles. The SMILES string of the molecule is CN=C(NCc1ccc(F)cc1)NCC(c1ccccc1)N1CCCC1. The Morgan fingerprint density at radius 1 is 1.04 bits per heavy atom. The predicted octanol–water partition coefficient (Wildman–Crippen LogP) is 3.33. The number of guanidine groups is 1. The Morgan fingerprint density at radius 2 is 1.73 bits per heavy atom. The van der Waals surface area contributed by atoms with Gasteiger partial charge in [0.15, 0.2) is 5.96 Å². The summed E-state index contributed by atoms with van der Waals surface area (Å²) in [6, 6.07) is 17.5. The molecule has 2 aromatic rings. The fourth-order valence-electron chi connectivity index (χ4n) is 3.39. The average molecular weight is 354 g/mol. The van der Waals surface area contributed by atoms with Crippen molar-refractivity contribution in [3.05, 3.63) is 71.5 Å². The molecule has 1 fully saturated rings. The van der Waals surface area contributed by atoms with Gasteiger partial charge in [0.2, 0.25) is 0 Å². The van der Waals surface area contributed by atoms with Crippen LogP contribution in [0.5, 0.6) is 0 Å². The van der Waals surface area contributed by atoms with Crippen molar-refractivity contribution in [1.82, 2.24) is 15.5 Å². The Kier molecular flexibility index (Phi) is 6.61. The highest BCUT2D eigenvalue weighted by Crippen LogP contribution is 2.24. The van der Waals surface area contributed by atoms with E-state index in [1.807, 2.05) is 0 Å². The molecule has 2 aromatic carbocycles. The van der Waals surface area contributed by atoms with Gasteiger partial charge >= 0.3 is 0 Å². The van der Waals surface area contributed by atoms with E-state index >= 15 is 0 Å². The minimum absolute atomic E-state index is 0.215. The van der Waals surface area contributed by atoms with Crippen LogP contribution in [0, 0.1) is 5.82 Å². The summed E-state index contributed by atoms with van der Waals surface area (Å²) in [7, 11) is 1.77. The summed E-state index contributed by atoms with van der Waals surface area (Å²) in [6.07, 6.45) is 2.53. The number of hydrogen-bond acceptors (Lipinski definition) is 2. The first-order valence-electron chi connectivity index (χ1n) is 9.24. The minimum Gasteiger partial charge on any atom is -0.354 e. The molecule has 1 aliphatic heterocycles. The van der Waals surface area contributed by atoms with Crippen molar-refractivity contribution in [2.75, 3.05) is 26.7 Å². The molecule has 0 saturated carbocycles. The minimum atomic E-state index is -0.215. The van der Waals surface area contributed by atoms with Crippen molar-refractivity contribution in [3.8, 4) is 0 Å². The standard InChI is InChI=1S/C21H27FN4/c1-23-21(24-15-17-9-11-19(22)12-10-17)25-16-20(26-13-5-6-14-26)18-7-3-2-4-8-18/h2-4,7-12,20H,5-6,13-16H2,1H3,(H2,23,24,25). The second-order valence-electron chi connectivity index (χ2n) is 6.60. The van der Waals surface area contributed by atoms with E-state index in [1.54, 1.807) is 19.2 Å². The number of benzene rings is 2. The molecule has 0 spiro atoms. The number of aliphatic imine (C=N–C) groups is 1. The lowest BCUT2D eigenvalue weighted by Crippen LogP contribution is -2.42. The molecule has 1 atom stereocenters. The van der Waals surface area contributed by atoms with Gasteiger partial charge < -0.3 is 10.6 Å². The summed E-state index contributed by atoms with van der Waals surface area (Å²) in [5, 5.41) is 6.75. The lowest BCUT2D eigenvalue weighted by Gasteiger charge is -2.29. The van der Waals surface area contributed by atoms with E-state index in [1.165, 1.54) is 30.5 Å². The summed E-state index contributed by atoms with van der Waals surface area (Å²) in [5.74, 6) is 0.544. The lowest BCUT2D eigenvalue weighted by atomic mass is 10.1. The van der Waals surface area contributed by atoms with Gasteiger partial charge in [-0.05, 0) is 49.2 Å².